The van der Waals surface area contributed by atoms with E-state index in [9.17, 15) is 14.3 Å². The first-order valence-electron chi connectivity index (χ1n) is 6.14. The van der Waals surface area contributed by atoms with Gasteiger partial charge in [0.1, 0.15) is 0 Å². The van der Waals surface area contributed by atoms with Crippen LogP contribution in [0.25, 0.3) is 0 Å². The Bertz CT molecular complexity index is 529. The number of nitro groups is 1. The summed E-state index contributed by atoms with van der Waals surface area (Å²) in [5.41, 5.74) is 0.571. The smallest absolute Gasteiger partial charge is 0.314 e. The summed E-state index contributed by atoms with van der Waals surface area (Å²) in [4.78, 5) is 14.7. The molecular formula is C12H17N3O3S. The molecule has 6 nitrogen and oxygen atoms in total. The van der Waals surface area contributed by atoms with Crippen molar-refractivity contribution in [3.8, 4) is 0 Å². The SMILES string of the molecule is Cc1ccnc(NCC2([S@](C)=O)CCC2)c1[N+](=O)[O-]. The molecule has 0 aliphatic heterocycles. The zero-order valence-electron chi connectivity index (χ0n) is 11.0. The summed E-state index contributed by atoms with van der Waals surface area (Å²) < 4.78 is 11.5. The van der Waals surface area contributed by atoms with E-state index in [1.807, 2.05) is 0 Å². The average Bonchev–Trinajstić information content (AvgIpc) is 2.26. The molecule has 0 radical (unpaired) electrons. The van der Waals surface area contributed by atoms with Crippen LogP contribution >= 0.6 is 0 Å². The molecule has 1 saturated carbocycles. The maximum atomic E-state index is 11.8. The Morgan fingerprint density at radius 2 is 2.26 bits per heavy atom. The second-order valence-corrected chi connectivity index (χ2v) is 6.70. The quantitative estimate of drug-likeness (QED) is 0.660. The largest absolute Gasteiger partial charge is 0.363 e. The van der Waals surface area contributed by atoms with Crippen LogP contribution in [0.15, 0.2) is 12.3 Å². The Kier molecular flexibility index (Phi) is 3.84. The van der Waals surface area contributed by atoms with E-state index in [1.165, 1.54) is 0 Å². The van der Waals surface area contributed by atoms with Crippen LogP contribution in [0.2, 0.25) is 0 Å². The Morgan fingerprint density at radius 3 is 2.74 bits per heavy atom. The van der Waals surface area contributed by atoms with Gasteiger partial charge in [-0.2, -0.15) is 0 Å². The van der Waals surface area contributed by atoms with Crippen molar-refractivity contribution in [1.29, 1.82) is 0 Å². The molecule has 0 unspecified atom stereocenters. The Balaban J connectivity index is 2.18. The zero-order chi connectivity index (χ0) is 14.0. The molecule has 1 fully saturated rings. The second kappa shape index (κ2) is 5.24. The molecule has 1 aliphatic carbocycles. The van der Waals surface area contributed by atoms with E-state index in [1.54, 1.807) is 25.4 Å². The summed E-state index contributed by atoms with van der Waals surface area (Å²) in [6.07, 6.45) is 6.08. The van der Waals surface area contributed by atoms with Crippen LogP contribution in [0.4, 0.5) is 11.5 Å². The molecule has 2 rings (SSSR count). The lowest BCUT2D eigenvalue weighted by atomic mass is 9.84. The van der Waals surface area contributed by atoms with Gasteiger partial charge in [0.15, 0.2) is 0 Å². The highest BCUT2D eigenvalue weighted by molar-refractivity contribution is 7.85. The van der Waals surface area contributed by atoms with Crippen molar-refractivity contribution in [1.82, 2.24) is 4.98 Å². The first-order chi connectivity index (χ1) is 8.96. The minimum absolute atomic E-state index is 0.00106. The predicted octanol–water partition coefficient (Wildman–Crippen LogP) is 2.01. The van der Waals surface area contributed by atoms with Crippen molar-refractivity contribution in [3.05, 3.63) is 27.9 Å². The molecule has 0 amide bonds. The summed E-state index contributed by atoms with van der Waals surface area (Å²) >= 11 is 0. The van der Waals surface area contributed by atoms with Gasteiger partial charge in [-0.15, -0.1) is 0 Å². The summed E-state index contributed by atoms with van der Waals surface area (Å²) in [6, 6.07) is 1.61. The molecule has 1 aromatic heterocycles. The van der Waals surface area contributed by atoms with Crippen LogP contribution in [-0.4, -0.2) is 31.7 Å². The van der Waals surface area contributed by atoms with Gasteiger partial charge in [0.05, 0.1) is 9.67 Å². The van der Waals surface area contributed by atoms with Gasteiger partial charge >= 0.3 is 5.69 Å². The normalized spacial score (nSPS) is 18.4. The molecule has 0 aromatic carbocycles. The van der Waals surface area contributed by atoms with E-state index in [-0.39, 0.29) is 16.3 Å². The highest BCUT2D eigenvalue weighted by Gasteiger charge is 2.41. The van der Waals surface area contributed by atoms with Crippen molar-refractivity contribution < 1.29 is 9.13 Å². The lowest BCUT2D eigenvalue weighted by molar-refractivity contribution is -0.384. The Morgan fingerprint density at radius 1 is 1.58 bits per heavy atom. The number of rotatable bonds is 5. The predicted molar refractivity (Wildman–Crippen MR) is 74.8 cm³/mol. The standard InChI is InChI=1S/C12H17N3O3S/c1-9-4-7-13-11(10(9)15(16)17)14-8-12(19(2)18)5-3-6-12/h4,7H,3,5-6,8H2,1-2H3,(H,13,14)/t19-/m0/s1. The average molecular weight is 283 g/mol. The minimum atomic E-state index is -0.939. The first-order valence-corrected chi connectivity index (χ1v) is 7.69. The molecule has 1 atom stereocenters. The van der Waals surface area contributed by atoms with Crippen LogP contribution in [0.1, 0.15) is 24.8 Å². The summed E-state index contributed by atoms with van der Waals surface area (Å²) in [5.74, 6) is 0.265. The molecular weight excluding hydrogens is 266 g/mol. The number of hydrogen-bond donors (Lipinski definition) is 1. The number of hydrogen-bond acceptors (Lipinski definition) is 5. The van der Waals surface area contributed by atoms with Crippen LogP contribution in [-0.2, 0) is 10.8 Å². The van der Waals surface area contributed by atoms with Gasteiger partial charge in [-0.1, -0.05) is 6.42 Å². The third-order valence-electron chi connectivity index (χ3n) is 3.76. The van der Waals surface area contributed by atoms with Gasteiger partial charge in [-0.3, -0.25) is 14.3 Å². The van der Waals surface area contributed by atoms with Crippen molar-refractivity contribution in [2.45, 2.75) is 30.9 Å². The molecule has 1 aliphatic rings. The Hall–Kier alpha value is -1.50. The first kappa shape index (κ1) is 13.9. The third kappa shape index (κ3) is 2.60. The van der Waals surface area contributed by atoms with E-state index in [2.05, 4.69) is 10.3 Å². The fraction of sp³-hybridized carbons (Fsp3) is 0.583. The van der Waals surface area contributed by atoms with Crippen molar-refractivity contribution >= 4 is 22.3 Å². The fourth-order valence-corrected chi connectivity index (χ4v) is 3.43. The van der Waals surface area contributed by atoms with Crippen LogP contribution in [0.5, 0.6) is 0 Å². The van der Waals surface area contributed by atoms with E-state index in [4.69, 9.17) is 0 Å². The number of aromatic nitrogens is 1. The number of nitrogens with one attached hydrogen (secondary N) is 1. The molecule has 19 heavy (non-hydrogen) atoms. The second-order valence-electron chi connectivity index (χ2n) is 4.93. The van der Waals surface area contributed by atoms with Crippen molar-refractivity contribution in [3.63, 3.8) is 0 Å². The third-order valence-corrected chi connectivity index (χ3v) is 5.53. The van der Waals surface area contributed by atoms with Gasteiger partial charge in [0, 0.05) is 35.4 Å². The van der Waals surface area contributed by atoms with E-state index < -0.39 is 15.7 Å². The van der Waals surface area contributed by atoms with E-state index in [0.29, 0.717) is 12.1 Å². The summed E-state index contributed by atoms with van der Waals surface area (Å²) in [5, 5.41) is 14.1. The minimum Gasteiger partial charge on any atom is -0.363 e. The Labute approximate surface area is 114 Å². The van der Waals surface area contributed by atoms with Crippen LogP contribution in [0, 0.1) is 17.0 Å². The molecule has 1 aromatic rings. The number of anilines is 1. The zero-order valence-corrected chi connectivity index (χ0v) is 11.8. The molecule has 104 valence electrons. The van der Waals surface area contributed by atoms with Gasteiger partial charge < -0.3 is 5.32 Å². The highest BCUT2D eigenvalue weighted by atomic mass is 32.2. The lowest BCUT2D eigenvalue weighted by Gasteiger charge is -2.39. The molecule has 1 N–H and O–H groups in total. The van der Waals surface area contributed by atoms with Gasteiger partial charge in [-0.25, -0.2) is 4.98 Å². The summed E-state index contributed by atoms with van der Waals surface area (Å²) in [6.45, 7) is 2.15. The summed E-state index contributed by atoms with van der Waals surface area (Å²) in [7, 11) is -0.939. The van der Waals surface area contributed by atoms with Gasteiger partial charge in [0.2, 0.25) is 5.82 Å². The molecule has 1 heterocycles. The van der Waals surface area contributed by atoms with Gasteiger partial charge in [-0.05, 0) is 25.8 Å². The molecule has 0 spiro atoms. The molecule has 0 saturated heterocycles. The fourth-order valence-electron chi connectivity index (χ4n) is 2.29. The van der Waals surface area contributed by atoms with Crippen molar-refractivity contribution in [2.24, 2.45) is 0 Å². The number of pyridine rings is 1. The topological polar surface area (TPSA) is 85.1 Å². The van der Waals surface area contributed by atoms with Crippen LogP contribution < -0.4 is 5.32 Å². The van der Waals surface area contributed by atoms with Gasteiger partial charge in [0.25, 0.3) is 0 Å². The highest BCUT2D eigenvalue weighted by Crippen LogP contribution is 2.37. The number of nitrogens with zero attached hydrogens (tertiary/aromatic N) is 2. The van der Waals surface area contributed by atoms with E-state index in [0.717, 1.165) is 19.3 Å². The maximum absolute atomic E-state index is 11.8. The van der Waals surface area contributed by atoms with E-state index >= 15 is 0 Å². The number of aryl methyl sites for hydroxylation is 1. The molecule has 0 bridgehead atoms. The molecule has 7 heteroatoms. The monoisotopic (exact) mass is 283 g/mol. The van der Waals surface area contributed by atoms with Crippen molar-refractivity contribution in [2.75, 3.05) is 18.1 Å². The lowest BCUT2D eigenvalue weighted by Crippen LogP contribution is -2.47. The van der Waals surface area contributed by atoms with Crippen LogP contribution in [0.3, 0.4) is 0 Å². The maximum Gasteiger partial charge on any atom is 0.314 e.